The fourth-order valence-corrected chi connectivity index (χ4v) is 1.25. The second-order valence-electron chi connectivity index (χ2n) is 4.41. The lowest BCUT2D eigenvalue weighted by atomic mass is 9.97. The monoisotopic (exact) mass is 244 g/mol. The summed E-state index contributed by atoms with van der Waals surface area (Å²) in [5.74, 6) is -0.290. The fraction of sp³-hybridized carbons (Fsp3) is 0.769. The summed E-state index contributed by atoms with van der Waals surface area (Å²) in [7, 11) is 0. The van der Waals surface area contributed by atoms with Crippen LogP contribution >= 0.6 is 0 Å². The van der Waals surface area contributed by atoms with E-state index in [9.17, 15) is 15.0 Å². The van der Waals surface area contributed by atoms with Crippen molar-refractivity contribution in [3.63, 3.8) is 0 Å². The summed E-state index contributed by atoms with van der Waals surface area (Å²) < 4.78 is 4.90. The Hall–Kier alpha value is -0.870. The highest BCUT2D eigenvalue weighted by Gasteiger charge is 2.18. The van der Waals surface area contributed by atoms with Crippen LogP contribution in [0, 0.1) is 5.92 Å². The number of ether oxygens (including phenoxy) is 1. The van der Waals surface area contributed by atoms with Gasteiger partial charge in [-0.05, 0) is 19.8 Å². The van der Waals surface area contributed by atoms with Gasteiger partial charge in [0.15, 0.2) is 0 Å². The van der Waals surface area contributed by atoms with Crippen molar-refractivity contribution in [1.82, 2.24) is 0 Å². The van der Waals surface area contributed by atoms with E-state index in [1.54, 1.807) is 19.9 Å². The third-order valence-electron chi connectivity index (χ3n) is 2.98. The van der Waals surface area contributed by atoms with E-state index in [0.717, 1.165) is 6.42 Å². The molecule has 0 amide bonds. The number of carbonyl (C=O) groups excluding carboxylic acids is 1. The first kappa shape index (κ1) is 16.1. The van der Waals surface area contributed by atoms with Crippen molar-refractivity contribution in [3.8, 4) is 0 Å². The predicted molar refractivity (Wildman–Crippen MR) is 66.5 cm³/mol. The Labute approximate surface area is 103 Å². The number of carbonyl (C=O) groups is 1. The van der Waals surface area contributed by atoms with E-state index in [-0.39, 0.29) is 18.9 Å². The van der Waals surface area contributed by atoms with Crippen LogP contribution in [0.4, 0.5) is 0 Å². The summed E-state index contributed by atoms with van der Waals surface area (Å²) in [5.41, 5.74) is 0.514. The lowest BCUT2D eigenvalue weighted by molar-refractivity contribution is -0.142. The minimum atomic E-state index is -0.812. The summed E-state index contributed by atoms with van der Waals surface area (Å²) >= 11 is 0. The highest BCUT2D eigenvalue weighted by Crippen LogP contribution is 2.13. The molecule has 17 heavy (non-hydrogen) atoms. The maximum absolute atomic E-state index is 11.3. The van der Waals surface area contributed by atoms with E-state index < -0.39 is 18.2 Å². The number of allylic oxidation sites excluding steroid dienone is 1. The first-order valence-corrected chi connectivity index (χ1v) is 6.08. The zero-order valence-electron chi connectivity index (χ0n) is 11.1. The minimum Gasteiger partial charge on any atom is -0.460 e. The molecule has 4 nitrogen and oxygen atoms in total. The van der Waals surface area contributed by atoms with Gasteiger partial charge in [0, 0.05) is 12.0 Å². The quantitative estimate of drug-likeness (QED) is 0.528. The van der Waals surface area contributed by atoms with Gasteiger partial charge in [0.2, 0.25) is 0 Å². The Bertz CT molecular complexity index is 260. The maximum atomic E-state index is 11.3. The third-order valence-corrected chi connectivity index (χ3v) is 2.98. The number of rotatable bonds is 7. The molecule has 0 saturated carbocycles. The van der Waals surface area contributed by atoms with Gasteiger partial charge in [-0.3, -0.25) is 0 Å². The molecule has 0 aliphatic heterocycles. The lowest BCUT2D eigenvalue weighted by Gasteiger charge is -2.20. The molecule has 100 valence electrons. The Kier molecular flexibility index (Phi) is 7.83. The lowest BCUT2D eigenvalue weighted by Crippen LogP contribution is -2.27. The van der Waals surface area contributed by atoms with Crippen LogP contribution in [0.25, 0.3) is 0 Å². The molecule has 0 radical (unpaired) electrons. The fourth-order valence-electron chi connectivity index (χ4n) is 1.25. The van der Waals surface area contributed by atoms with Crippen LogP contribution in [0.3, 0.4) is 0 Å². The average Bonchev–Trinajstić information content (AvgIpc) is 2.33. The molecule has 0 aliphatic carbocycles. The van der Waals surface area contributed by atoms with Crippen LogP contribution in [-0.2, 0) is 9.53 Å². The summed E-state index contributed by atoms with van der Waals surface area (Å²) in [6.07, 6.45) is 1.37. The van der Waals surface area contributed by atoms with E-state index in [1.807, 2.05) is 13.8 Å². The van der Waals surface area contributed by atoms with Crippen LogP contribution in [-0.4, -0.2) is 35.0 Å². The molecule has 0 aromatic rings. The summed E-state index contributed by atoms with van der Waals surface area (Å²) in [6.45, 7) is 7.24. The molecule has 0 fully saturated rings. The van der Waals surface area contributed by atoms with E-state index in [1.165, 1.54) is 0 Å². The van der Waals surface area contributed by atoms with Gasteiger partial charge in [-0.15, -0.1) is 0 Å². The molecule has 4 heteroatoms. The number of esters is 1. The summed E-state index contributed by atoms with van der Waals surface area (Å²) in [5, 5.41) is 19.3. The number of aliphatic hydroxyl groups excluding tert-OH is 2. The second kappa shape index (κ2) is 8.25. The van der Waals surface area contributed by atoms with Crippen molar-refractivity contribution < 1.29 is 19.7 Å². The number of hydrogen-bond donors (Lipinski definition) is 2. The van der Waals surface area contributed by atoms with Crippen molar-refractivity contribution in [2.45, 2.75) is 52.7 Å². The second-order valence-corrected chi connectivity index (χ2v) is 4.41. The molecule has 0 heterocycles. The first-order valence-electron chi connectivity index (χ1n) is 6.08. The zero-order valence-corrected chi connectivity index (χ0v) is 11.1. The molecule has 0 aromatic heterocycles. The van der Waals surface area contributed by atoms with Crippen molar-refractivity contribution in [3.05, 3.63) is 11.6 Å². The maximum Gasteiger partial charge on any atom is 0.333 e. The Morgan fingerprint density at radius 3 is 2.47 bits per heavy atom. The molecule has 2 N–H and O–H groups in total. The standard InChI is InChI=1S/C13H24O4/c1-5-9(3)12(15)7-11(14)8-17-13(16)10(4)6-2/h6,9,11-12,14-15H,5,7-8H2,1-4H3. The van der Waals surface area contributed by atoms with Crippen LogP contribution in [0.15, 0.2) is 11.6 Å². The van der Waals surface area contributed by atoms with Crippen LogP contribution in [0.1, 0.15) is 40.5 Å². The molecule has 3 atom stereocenters. The van der Waals surface area contributed by atoms with Crippen molar-refractivity contribution in [1.29, 1.82) is 0 Å². The Balaban J connectivity index is 3.95. The molecular formula is C13H24O4. The SMILES string of the molecule is CC=C(C)C(=O)OCC(O)CC(O)C(C)CC. The van der Waals surface area contributed by atoms with Crippen molar-refractivity contribution in [2.24, 2.45) is 5.92 Å². The van der Waals surface area contributed by atoms with Gasteiger partial charge >= 0.3 is 5.97 Å². The molecule has 0 bridgehead atoms. The third kappa shape index (κ3) is 6.44. The van der Waals surface area contributed by atoms with Gasteiger partial charge in [0.1, 0.15) is 6.61 Å². The first-order chi connectivity index (χ1) is 7.92. The Morgan fingerprint density at radius 2 is 2.00 bits per heavy atom. The molecular weight excluding hydrogens is 220 g/mol. The zero-order chi connectivity index (χ0) is 13.4. The van der Waals surface area contributed by atoms with Crippen LogP contribution < -0.4 is 0 Å². The van der Waals surface area contributed by atoms with Gasteiger partial charge < -0.3 is 14.9 Å². The van der Waals surface area contributed by atoms with E-state index in [4.69, 9.17) is 4.74 Å². The van der Waals surface area contributed by atoms with Crippen molar-refractivity contribution >= 4 is 5.97 Å². The highest BCUT2D eigenvalue weighted by atomic mass is 16.5. The smallest absolute Gasteiger partial charge is 0.333 e. The molecule has 0 rings (SSSR count). The van der Waals surface area contributed by atoms with Gasteiger partial charge in [0.25, 0.3) is 0 Å². The summed E-state index contributed by atoms with van der Waals surface area (Å²) in [4.78, 5) is 11.3. The predicted octanol–water partition coefficient (Wildman–Crippen LogP) is 1.65. The Morgan fingerprint density at radius 1 is 1.41 bits per heavy atom. The van der Waals surface area contributed by atoms with Crippen molar-refractivity contribution in [2.75, 3.05) is 6.61 Å². The van der Waals surface area contributed by atoms with Crippen LogP contribution in [0.2, 0.25) is 0 Å². The number of hydrogen-bond acceptors (Lipinski definition) is 4. The molecule has 0 spiro atoms. The average molecular weight is 244 g/mol. The molecule has 0 saturated heterocycles. The van der Waals surface area contributed by atoms with E-state index >= 15 is 0 Å². The van der Waals surface area contributed by atoms with E-state index in [2.05, 4.69) is 0 Å². The van der Waals surface area contributed by atoms with Gasteiger partial charge in [-0.25, -0.2) is 4.79 Å². The largest absolute Gasteiger partial charge is 0.460 e. The number of aliphatic hydroxyl groups is 2. The minimum absolute atomic E-state index is 0.0719. The molecule has 3 unspecified atom stereocenters. The van der Waals surface area contributed by atoms with Gasteiger partial charge in [0.05, 0.1) is 12.2 Å². The van der Waals surface area contributed by atoms with E-state index in [0.29, 0.717) is 5.57 Å². The van der Waals surface area contributed by atoms with Gasteiger partial charge in [-0.1, -0.05) is 26.3 Å². The van der Waals surface area contributed by atoms with Gasteiger partial charge in [-0.2, -0.15) is 0 Å². The summed E-state index contributed by atoms with van der Waals surface area (Å²) in [6, 6.07) is 0. The normalized spacial score (nSPS) is 17.4. The highest BCUT2D eigenvalue weighted by molar-refractivity contribution is 5.87. The molecule has 0 aliphatic rings. The topological polar surface area (TPSA) is 66.8 Å². The van der Waals surface area contributed by atoms with Crippen LogP contribution in [0.5, 0.6) is 0 Å². The molecule has 0 aromatic carbocycles.